The Balaban J connectivity index is 2.15. The average Bonchev–Trinajstić information content (AvgIpc) is 2.69. The summed E-state index contributed by atoms with van der Waals surface area (Å²) in [6, 6.07) is 7.60. The fraction of sp³-hybridized carbons (Fsp3) is 0.333. The number of nitrogens with zero attached hydrogens (tertiary/aromatic N) is 1. The van der Waals surface area contributed by atoms with E-state index in [0.717, 1.165) is 26.7 Å². The van der Waals surface area contributed by atoms with Crippen LogP contribution < -0.4 is 5.32 Å². The molecule has 2 rings (SSSR count). The van der Waals surface area contributed by atoms with Crippen molar-refractivity contribution in [3.63, 3.8) is 0 Å². The van der Waals surface area contributed by atoms with Crippen LogP contribution in [0.4, 0.5) is 0 Å². The van der Waals surface area contributed by atoms with Gasteiger partial charge in [0.05, 0.1) is 16.7 Å². The number of aromatic nitrogens is 1. The molecule has 1 heterocycles. The van der Waals surface area contributed by atoms with E-state index in [1.54, 1.807) is 11.3 Å². The van der Waals surface area contributed by atoms with E-state index in [-0.39, 0.29) is 11.9 Å². The second-order valence-electron chi connectivity index (χ2n) is 4.69. The summed E-state index contributed by atoms with van der Waals surface area (Å²) in [4.78, 5) is 17.8. The lowest BCUT2D eigenvalue weighted by Gasteiger charge is -2.14. The Morgan fingerprint density at radius 3 is 2.53 bits per heavy atom. The normalized spacial score (nSPS) is 12.2. The van der Waals surface area contributed by atoms with Crippen LogP contribution in [0.1, 0.15) is 44.5 Å². The number of carbonyl (C=O) groups is 1. The van der Waals surface area contributed by atoms with Crippen molar-refractivity contribution in [3.8, 4) is 0 Å². The van der Waals surface area contributed by atoms with Crippen LogP contribution >= 0.6 is 11.3 Å². The molecule has 100 valence electrons. The van der Waals surface area contributed by atoms with Crippen molar-refractivity contribution < 1.29 is 4.79 Å². The third-order valence-electron chi connectivity index (χ3n) is 3.07. The fourth-order valence-corrected chi connectivity index (χ4v) is 3.05. The van der Waals surface area contributed by atoms with Gasteiger partial charge in [0.25, 0.3) is 5.91 Å². The number of amides is 1. The van der Waals surface area contributed by atoms with Gasteiger partial charge in [0, 0.05) is 10.4 Å². The molecule has 1 unspecified atom stereocenters. The average molecular weight is 274 g/mol. The second-order valence-corrected chi connectivity index (χ2v) is 5.93. The molecule has 0 spiro atoms. The molecule has 0 aliphatic heterocycles. The second kappa shape index (κ2) is 5.53. The molecule has 0 saturated heterocycles. The van der Waals surface area contributed by atoms with E-state index in [1.165, 1.54) is 0 Å². The lowest BCUT2D eigenvalue weighted by molar-refractivity contribution is 0.0940. The van der Waals surface area contributed by atoms with Gasteiger partial charge in [-0.1, -0.05) is 18.2 Å². The summed E-state index contributed by atoms with van der Waals surface area (Å²) >= 11 is 1.64. The minimum atomic E-state index is -0.0314. The lowest BCUT2D eigenvalue weighted by Crippen LogP contribution is -2.27. The predicted octanol–water partition coefficient (Wildman–Crippen LogP) is 3.56. The molecule has 1 N–H and O–H groups in total. The van der Waals surface area contributed by atoms with Gasteiger partial charge in [0.15, 0.2) is 0 Å². The van der Waals surface area contributed by atoms with Crippen molar-refractivity contribution in [1.29, 1.82) is 0 Å². The van der Waals surface area contributed by atoms with Crippen LogP contribution in [0, 0.1) is 20.8 Å². The van der Waals surface area contributed by atoms with Crippen molar-refractivity contribution in [2.24, 2.45) is 0 Å². The zero-order chi connectivity index (χ0) is 14.0. The fourth-order valence-electron chi connectivity index (χ4n) is 2.12. The molecule has 19 heavy (non-hydrogen) atoms. The summed E-state index contributed by atoms with van der Waals surface area (Å²) in [6.45, 7) is 7.91. The standard InChI is InChI=1S/C15H18N2OS/c1-9-7-5-6-8-13(9)15(18)17-11(3)14-10(2)16-12(4)19-14/h5-8,11H,1-4H3,(H,17,18). The topological polar surface area (TPSA) is 42.0 Å². The molecule has 2 aromatic rings. The summed E-state index contributed by atoms with van der Waals surface area (Å²) in [7, 11) is 0. The Morgan fingerprint density at radius 1 is 1.26 bits per heavy atom. The first-order valence-electron chi connectivity index (χ1n) is 6.29. The van der Waals surface area contributed by atoms with Crippen molar-refractivity contribution in [2.45, 2.75) is 33.7 Å². The monoisotopic (exact) mass is 274 g/mol. The van der Waals surface area contributed by atoms with E-state index in [9.17, 15) is 4.79 Å². The lowest BCUT2D eigenvalue weighted by atomic mass is 10.1. The highest BCUT2D eigenvalue weighted by Gasteiger charge is 2.16. The van der Waals surface area contributed by atoms with Crippen LogP contribution in [0.5, 0.6) is 0 Å². The molecule has 1 atom stereocenters. The summed E-state index contributed by atoms with van der Waals surface area (Å²) < 4.78 is 0. The van der Waals surface area contributed by atoms with Crippen molar-refractivity contribution in [3.05, 3.63) is 51.0 Å². The first-order chi connectivity index (χ1) is 8.99. The Bertz CT molecular complexity index is 604. The molecule has 4 heteroatoms. The van der Waals surface area contributed by atoms with Crippen LogP contribution in [-0.4, -0.2) is 10.9 Å². The number of hydrogen-bond acceptors (Lipinski definition) is 3. The molecular formula is C15H18N2OS. The number of rotatable bonds is 3. The van der Waals surface area contributed by atoms with E-state index >= 15 is 0 Å². The van der Waals surface area contributed by atoms with Gasteiger partial charge in [-0.25, -0.2) is 4.98 Å². The number of nitrogens with one attached hydrogen (secondary N) is 1. The highest BCUT2D eigenvalue weighted by molar-refractivity contribution is 7.11. The maximum atomic E-state index is 12.2. The van der Waals surface area contributed by atoms with Crippen molar-refractivity contribution in [1.82, 2.24) is 10.3 Å². The number of carbonyl (C=O) groups excluding carboxylic acids is 1. The predicted molar refractivity (Wildman–Crippen MR) is 78.6 cm³/mol. The molecule has 0 aliphatic rings. The van der Waals surface area contributed by atoms with Crippen molar-refractivity contribution in [2.75, 3.05) is 0 Å². The molecule has 3 nitrogen and oxygen atoms in total. The largest absolute Gasteiger partial charge is 0.345 e. The number of aryl methyl sites for hydroxylation is 3. The Kier molecular flexibility index (Phi) is 4.00. The maximum absolute atomic E-state index is 12.2. The van der Waals surface area contributed by atoms with Crippen LogP contribution in [0.3, 0.4) is 0 Å². The molecule has 1 aromatic heterocycles. The first kappa shape index (κ1) is 13.7. The van der Waals surface area contributed by atoms with Crippen molar-refractivity contribution >= 4 is 17.2 Å². The third-order valence-corrected chi connectivity index (χ3v) is 4.33. The van der Waals surface area contributed by atoms with Gasteiger partial charge in [-0.2, -0.15) is 0 Å². The highest BCUT2D eigenvalue weighted by atomic mass is 32.1. The molecule has 0 fully saturated rings. The van der Waals surface area contributed by atoms with Gasteiger partial charge >= 0.3 is 0 Å². The van der Waals surface area contributed by atoms with E-state index in [4.69, 9.17) is 0 Å². The summed E-state index contributed by atoms with van der Waals surface area (Å²) in [5.74, 6) is -0.0314. The summed E-state index contributed by atoms with van der Waals surface area (Å²) in [5.41, 5.74) is 2.72. The van der Waals surface area contributed by atoms with Gasteiger partial charge in [0.1, 0.15) is 0 Å². The minimum Gasteiger partial charge on any atom is -0.345 e. The zero-order valence-electron chi connectivity index (χ0n) is 11.7. The molecule has 0 radical (unpaired) electrons. The highest BCUT2D eigenvalue weighted by Crippen LogP contribution is 2.24. The van der Waals surface area contributed by atoms with Gasteiger partial charge in [-0.3, -0.25) is 4.79 Å². The number of thiazole rings is 1. The number of hydrogen-bond donors (Lipinski definition) is 1. The summed E-state index contributed by atoms with van der Waals surface area (Å²) in [5, 5.41) is 4.07. The van der Waals surface area contributed by atoms with Gasteiger partial charge in [-0.15, -0.1) is 11.3 Å². The van der Waals surface area contributed by atoms with E-state index in [0.29, 0.717) is 0 Å². The van der Waals surface area contributed by atoms with Gasteiger partial charge < -0.3 is 5.32 Å². The molecule has 0 saturated carbocycles. The van der Waals surface area contributed by atoms with Crippen LogP contribution in [0.25, 0.3) is 0 Å². The zero-order valence-corrected chi connectivity index (χ0v) is 12.5. The van der Waals surface area contributed by atoms with E-state index in [1.807, 2.05) is 52.0 Å². The van der Waals surface area contributed by atoms with Gasteiger partial charge in [0.2, 0.25) is 0 Å². The number of benzene rings is 1. The van der Waals surface area contributed by atoms with E-state index in [2.05, 4.69) is 10.3 Å². The molecule has 1 amide bonds. The Labute approximate surface area is 117 Å². The SMILES string of the molecule is Cc1nc(C)c(C(C)NC(=O)c2ccccc2C)s1. The summed E-state index contributed by atoms with van der Waals surface area (Å²) in [6.07, 6.45) is 0. The minimum absolute atomic E-state index is 0.0155. The quantitative estimate of drug-likeness (QED) is 0.930. The smallest absolute Gasteiger partial charge is 0.252 e. The van der Waals surface area contributed by atoms with E-state index < -0.39 is 0 Å². The molecule has 0 bridgehead atoms. The van der Waals surface area contributed by atoms with Gasteiger partial charge in [-0.05, 0) is 39.3 Å². The van der Waals surface area contributed by atoms with Crippen LogP contribution in [0.15, 0.2) is 24.3 Å². The Hall–Kier alpha value is -1.68. The maximum Gasteiger partial charge on any atom is 0.252 e. The Morgan fingerprint density at radius 2 is 1.95 bits per heavy atom. The first-order valence-corrected chi connectivity index (χ1v) is 7.11. The third kappa shape index (κ3) is 3.01. The molecule has 1 aromatic carbocycles. The molecule has 0 aliphatic carbocycles. The molecular weight excluding hydrogens is 256 g/mol. The van der Waals surface area contributed by atoms with Crippen LogP contribution in [-0.2, 0) is 0 Å². The van der Waals surface area contributed by atoms with Crippen LogP contribution in [0.2, 0.25) is 0 Å².